The summed E-state index contributed by atoms with van der Waals surface area (Å²) in [4.78, 5) is 15.4. The van der Waals surface area contributed by atoms with Crippen LogP contribution in [0.25, 0.3) is 115 Å². The summed E-state index contributed by atoms with van der Waals surface area (Å²) in [7, 11) is 0. The number of benzene rings is 8. The molecule has 0 amide bonds. The molecule has 266 valence electrons. The SMILES string of the molecule is c1ccc(-c2nc(-c3cccc(-c4cccc(-n5c6ccccc6c6cc7c(cc65)oc5ccccc57)c4)c3)nc(-c3cccc4c3sc3ccccc34)n2)cc1. The number of thiophene rings is 1. The van der Waals surface area contributed by atoms with Crippen molar-refractivity contribution in [3.8, 4) is 51.0 Å². The second-order valence-corrected chi connectivity index (χ2v) is 15.5. The lowest BCUT2D eigenvalue weighted by Gasteiger charge is -2.12. The van der Waals surface area contributed by atoms with Crippen LogP contribution < -0.4 is 0 Å². The van der Waals surface area contributed by atoms with Crippen molar-refractivity contribution in [3.63, 3.8) is 0 Å². The van der Waals surface area contributed by atoms with Crippen LogP contribution in [0, 0.1) is 0 Å². The normalized spacial score (nSPS) is 11.9. The number of furan rings is 1. The summed E-state index contributed by atoms with van der Waals surface area (Å²) in [6, 6.07) is 63.8. The van der Waals surface area contributed by atoms with Crippen LogP contribution in [0.4, 0.5) is 0 Å². The molecule has 0 saturated carbocycles. The van der Waals surface area contributed by atoms with Crippen molar-refractivity contribution in [2.24, 2.45) is 0 Å². The zero-order chi connectivity index (χ0) is 37.5. The molecule has 0 bridgehead atoms. The Morgan fingerprint density at radius 1 is 0.386 bits per heavy atom. The molecule has 0 spiro atoms. The maximum absolute atomic E-state index is 6.37. The number of fused-ring (bicyclic) bond motifs is 9. The Morgan fingerprint density at radius 3 is 1.93 bits per heavy atom. The molecular weight excluding hydrogens is 717 g/mol. The Balaban J connectivity index is 1.00. The molecule has 6 heteroatoms. The van der Waals surface area contributed by atoms with Gasteiger partial charge in [0.05, 0.1) is 11.0 Å². The minimum absolute atomic E-state index is 0.632. The standard InChI is InChI=1S/C51H30N4OS/c1-2-13-31(14-3-1)49-52-50(54-51(53-49)40-23-12-22-39-38-21-6-9-26-47(38)57-48(39)40)34-17-10-15-32(27-34)33-16-11-18-35(28-33)55-43-24-7-4-19-36(43)41-29-42-37-20-5-8-25-45(37)56-46(42)30-44(41)55/h1-30H. The number of hydrogen-bond acceptors (Lipinski definition) is 5. The molecule has 0 saturated heterocycles. The Bertz CT molecular complexity index is 3540. The van der Waals surface area contributed by atoms with Gasteiger partial charge in [0.1, 0.15) is 11.2 Å². The van der Waals surface area contributed by atoms with E-state index in [1.807, 2.05) is 30.3 Å². The monoisotopic (exact) mass is 746 g/mol. The molecule has 0 unspecified atom stereocenters. The van der Waals surface area contributed by atoms with Crippen molar-refractivity contribution in [3.05, 3.63) is 182 Å². The fraction of sp³-hybridized carbons (Fsp3) is 0. The minimum atomic E-state index is 0.632. The molecule has 0 N–H and O–H groups in total. The Labute approximate surface area is 330 Å². The summed E-state index contributed by atoms with van der Waals surface area (Å²) in [5.41, 5.74) is 10.1. The molecule has 0 aliphatic rings. The number of nitrogens with zero attached hydrogens (tertiary/aromatic N) is 4. The predicted octanol–water partition coefficient (Wildman–Crippen LogP) is 13.9. The molecule has 4 heterocycles. The van der Waals surface area contributed by atoms with E-state index in [-0.39, 0.29) is 0 Å². The minimum Gasteiger partial charge on any atom is -0.456 e. The highest BCUT2D eigenvalue weighted by Crippen LogP contribution is 2.41. The summed E-state index contributed by atoms with van der Waals surface area (Å²) in [6.07, 6.45) is 0. The van der Waals surface area contributed by atoms with Crippen LogP contribution in [0.5, 0.6) is 0 Å². The van der Waals surface area contributed by atoms with Crippen LogP contribution in [0.3, 0.4) is 0 Å². The second kappa shape index (κ2) is 12.6. The van der Waals surface area contributed by atoms with Gasteiger partial charge in [0.2, 0.25) is 0 Å². The van der Waals surface area contributed by atoms with E-state index < -0.39 is 0 Å². The Kier molecular flexibility index (Phi) is 7.03. The highest BCUT2D eigenvalue weighted by atomic mass is 32.1. The number of hydrogen-bond donors (Lipinski definition) is 0. The third-order valence-corrected chi connectivity index (χ3v) is 12.3. The first kappa shape index (κ1) is 31.9. The number of para-hydroxylation sites is 2. The third-order valence-electron chi connectivity index (χ3n) is 11.0. The lowest BCUT2D eigenvalue weighted by molar-refractivity contribution is 0.669. The van der Waals surface area contributed by atoms with Gasteiger partial charge in [0.15, 0.2) is 17.5 Å². The molecule has 0 fully saturated rings. The van der Waals surface area contributed by atoms with Gasteiger partial charge in [-0.05, 0) is 59.7 Å². The zero-order valence-corrected chi connectivity index (χ0v) is 31.2. The number of aromatic nitrogens is 4. The van der Waals surface area contributed by atoms with Gasteiger partial charge >= 0.3 is 0 Å². The molecule has 12 aromatic rings. The van der Waals surface area contributed by atoms with Gasteiger partial charge in [0.25, 0.3) is 0 Å². The molecule has 4 aromatic heterocycles. The smallest absolute Gasteiger partial charge is 0.165 e. The average Bonchev–Trinajstić information content (AvgIpc) is 3.95. The van der Waals surface area contributed by atoms with Crippen LogP contribution in [0.2, 0.25) is 0 Å². The molecule has 57 heavy (non-hydrogen) atoms. The van der Waals surface area contributed by atoms with Gasteiger partial charge in [-0.2, -0.15) is 0 Å². The first-order chi connectivity index (χ1) is 28.2. The maximum Gasteiger partial charge on any atom is 0.165 e. The molecule has 0 aliphatic carbocycles. The van der Waals surface area contributed by atoms with Crippen molar-refractivity contribution < 1.29 is 4.42 Å². The highest BCUT2D eigenvalue weighted by molar-refractivity contribution is 7.26. The van der Waals surface area contributed by atoms with Gasteiger partial charge in [-0.25, -0.2) is 15.0 Å². The highest BCUT2D eigenvalue weighted by Gasteiger charge is 2.19. The lowest BCUT2D eigenvalue weighted by Crippen LogP contribution is -2.00. The molecule has 5 nitrogen and oxygen atoms in total. The molecule has 8 aromatic carbocycles. The Hall–Kier alpha value is -7.41. The fourth-order valence-corrected chi connectivity index (χ4v) is 9.60. The first-order valence-corrected chi connectivity index (χ1v) is 19.8. The van der Waals surface area contributed by atoms with E-state index in [0.717, 1.165) is 66.5 Å². The summed E-state index contributed by atoms with van der Waals surface area (Å²) in [5, 5.41) is 7.12. The second-order valence-electron chi connectivity index (χ2n) is 14.4. The average molecular weight is 747 g/mol. The summed E-state index contributed by atoms with van der Waals surface area (Å²) < 4.78 is 11.1. The van der Waals surface area contributed by atoms with Crippen LogP contribution in [-0.4, -0.2) is 19.5 Å². The quantitative estimate of drug-likeness (QED) is 0.176. The zero-order valence-electron chi connectivity index (χ0n) is 30.4. The van der Waals surface area contributed by atoms with Gasteiger partial charge in [0, 0.05) is 70.2 Å². The predicted molar refractivity (Wildman–Crippen MR) is 236 cm³/mol. The molecular formula is C51H30N4OS. The van der Waals surface area contributed by atoms with E-state index in [9.17, 15) is 0 Å². The van der Waals surface area contributed by atoms with Gasteiger partial charge < -0.3 is 8.98 Å². The lowest BCUT2D eigenvalue weighted by atomic mass is 10.0. The van der Waals surface area contributed by atoms with E-state index in [2.05, 4.69) is 156 Å². The molecule has 0 aliphatic heterocycles. The van der Waals surface area contributed by atoms with Gasteiger partial charge in [-0.1, -0.05) is 127 Å². The first-order valence-electron chi connectivity index (χ1n) is 19.0. The van der Waals surface area contributed by atoms with Crippen molar-refractivity contribution >= 4 is 75.3 Å². The van der Waals surface area contributed by atoms with E-state index in [1.165, 1.54) is 30.9 Å². The molecule has 0 atom stereocenters. The van der Waals surface area contributed by atoms with E-state index in [1.54, 1.807) is 11.3 Å². The molecule has 12 rings (SSSR count). The third kappa shape index (κ3) is 5.12. The summed E-state index contributed by atoms with van der Waals surface area (Å²) in [6.45, 7) is 0. The van der Waals surface area contributed by atoms with Crippen LogP contribution in [-0.2, 0) is 0 Å². The summed E-state index contributed by atoms with van der Waals surface area (Å²) >= 11 is 1.78. The fourth-order valence-electron chi connectivity index (χ4n) is 8.39. The topological polar surface area (TPSA) is 56.7 Å². The van der Waals surface area contributed by atoms with Crippen LogP contribution in [0.1, 0.15) is 0 Å². The van der Waals surface area contributed by atoms with Crippen LogP contribution >= 0.6 is 11.3 Å². The largest absolute Gasteiger partial charge is 0.456 e. The van der Waals surface area contributed by atoms with E-state index >= 15 is 0 Å². The van der Waals surface area contributed by atoms with Crippen molar-refractivity contribution in [2.75, 3.05) is 0 Å². The van der Waals surface area contributed by atoms with E-state index in [0.29, 0.717) is 17.5 Å². The van der Waals surface area contributed by atoms with Crippen molar-refractivity contribution in [1.29, 1.82) is 0 Å². The molecule has 0 radical (unpaired) electrons. The maximum atomic E-state index is 6.37. The number of rotatable bonds is 5. The van der Waals surface area contributed by atoms with Gasteiger partial charge in [-0.3, -0.25) is 0 Å². The summed E-state index contributed by atoms with van der Waals surface area (Å²) in [5.74, 6) is 1.94. The van der Waals surface area contributed by atoms with Crippen LogP contribution in [0.15, 0.2) is 186 Å². The van der Waals surface area contributed by atoms with Crippen molar-refractivity contribution in [1.82, 2.24) is 19.5 Å². The van der Waals surface area contributed by atoms with Crippen molar-refractivity contribution in [2.45, 2.75) is 0 Å². The Morgan fingerprint density at radius 2 is 1.04 bits per heavy atom. The van der Waals surface area contributed by atoms with E-state index in [4.69, 9.17) is 19.4 Å². The van der Waals surface area contributed by atoms with Gasteiger partial charge in [-0.15, -0.1) is 11.3 Å².